The van der Waals surface area contributed by atoms with Gasteiger partial charge in [0.05, 0.1) is 12.8 Å². The molecule has 90 valence electrons. The largest absolute Gasteiger partial charge is 0.496 e. The summed E-state index contributed by atoms with van der Waals surface area (Å²) in [6, 6.07) is 8.01. The number of nitrogens with zero attached hydrogens (tertiary/aromatic N) is 1. The number of methoxy groups -OCH3 is 1. The van der Waals surface area contributed by atoms with Crippen LogP contribution in [0.5, 0.6) is 5.75 Å². The Morgan fingerprint density at radius 2 is 2.06 bits per heavy atom. The van der Waals surface area contributed by atoms with Crippen LogP contribution in [0.1, 0.15) is 16.1 Å². The predicted octanol–water partition coefficient (Wildman–Crippen LogP) is 3.38. The summed E-state index contributed by atoms with van der Waals surface area (Å²) >= 11 is 1.68. The van der Waals surface area contributed by atoms with Crippen molar-refractivity contribution >= 4 is 16.5 Å². The average Bonchev–Trinajstić information content (AvgIpc) is 2.66. The molecular formula is C13H16N2OS. The second-order valence-corrected chi connectivity index (χ2v) is 5.03. The van der Waals surface area contributed by atoms with Gasteiger partial charge in [-0.25, -0.2) is 4.98 Å². The van der Waals surface area contributed by atoms with Gasteiger partial charge in [0.2, 0.25) is 0 Å². The molecule has 0 saturated carbocycles. The maximum Gasteiger partial charge on any atom is 0.183 e. The van der Waals surface area contributed by atoms with E-state index in [0.717, 1.165) is 28.7 Å². The number of nitrogens with one attached hydrogen (secondary N) is 1. The van der Waals surface area contributed by atoms with Crippen molar-refractivity contribution in [3.05, 3.63) is 40.4 Å². The number of hydrogen-bond donors (Lipinski definition) is 1. The highest BCUT2D eigenvalue weighted by Crippen LogP contribution is 2.23. The fourth-order valence-corrected chi connectivity index (χ4v) is 2.38. The number of rotatable bonds is 4. The highest BCUT2D eigenvalue weighted by molar-refractivity contribution is 7.15. The number of hydrogen-bond acceptors (Lipinski definition) is 4. The Balaban J connectivity index is 2.07. The topological polar surface area (TPSA) is 34.1 Å². The summed E-state index contributed by atoms with van der Waals surface area (Å²) in [6.45, 7) is 4.85. The van der Waals surface area contributed by atoms with Gasteiger partial charge in [0, 0.05) is 17.0 Å². The van der Waals surface area contributed by atoms with Crippen LogP contribution in [-0.4, -0.2) is 12.1 Å². The summed E-state index contributed by atoms with van der Waals surface area (Å²) in [5.41, 5.74) is 2.23. The summed E-state index contributed by atoms with van der Waals surface area (Å²) in [6.07, 6.45) is 0. The van der Waals surface area contributed by atoms with Gasteiger partial charge in [0.25, 0.3) is 0 Å². The second kappa shape index (κ2) is 5.19. The molecule has 3 nitrogen and oxygen atoms in total. The standard InChI is InChI=1S/C13H16N2OS/c1-9-10(2)17-13(15-9)14-8-11-6-4-5-7-12(11)16-3/h4-7H,8H2,1-3H3,(H,14,15). The summed E-state index contributed by atoms with van der Waals surface area (Å²) in [4.78, 5) is 5.70. The van der Waals surface area contributed by atoms with E-state index in [1.54, 1.807) is 18.4 Å². The van der Waals surface area contributed by atoms with E-state index in [4.69, 9.17) is 4.74 Å². The van der Waals surface area contributed by atoms with Crippen LogP contribution in [0.2, 0.25) is 0 Å². The first kappa shape index (κ1) is 11.9. The first-order valence-corrected chi connectivity index (χ1v) is 6.32. The Morgan fingerprint density at radius 3 is 2.71 bits per heavy atom. The van der Waals surface area contributed by atoms with Crippen LogP contribution >= 0.6 is 11.3 Å². The maximum absolute atomic E-state index is 5.31. The Morgan fingerprint density at radius 1 is 1.29 bits per heavy atom. The normalized spacial score (nSPS) is 10.3. The smallest absolute Gasteiger partial charge is 0.183 e. The molecule has 4 heteroatoms. The van der Waals surface area contributed by atoms with Gasteiger partial charge < -0.3 is 10.1 Å². The van der Waals surface area contributed by atoms with E-state index >= 15 is 0 Å². The molecule has 0 aliphatic rings. The number of benzene rings is 1. The molecule has 0 fully saturated rings. The molecule has 2 aromatic rings. The number of ether oxygens (including phenoxy) is 1. The summed E-state index contributed by atoms with van der Waals surface area (Å²) in [5, 5.41) is 4.29. The molecule has 0 aliphatic carbocycles. The molecule has 0 bridgehead atoms. The lowest BCUT2D eigenvalue weighted by molar-refractivity contribution is 0.410. The third-order valence-corrected chi connectivity index (χ3v) is 3.68. The molecule has 0 saturated heterocycles. The fraction of sp³-hybridized carbons (Fsp3) is 0.308. The van der Waals surface area contributed by atoms with Crippen molar-refractivity contribution in [3.8, 4) is 5.75 Å². The highest BCUT2D eigenvalue weighted by atomic mass is 32.1. The van der Waals surface area contributed by atoms with Crippen LogP contribution in [-0.2, 0) is 6.54 Å². The molecule has 0 radical (unpaired) electrons. The molecule has 1 aromatic carbocycles. The van der Waals surface area contributed by atoms with Gasteiger partial charge in [0.1, 0.15) is 5.75 Å². The van der Waals surface area contributed by atoms with Crippen molar-refractivity contribution in [2.75, 3.05) is 12.4 Å². The lowest BCUT2D eigenvalue weighted by atomic mass is 10.2. The van der Waals surface area contributed by atoms with Crippen molar-refractivity contribution in [1.29, 1.82) is 0 Å². The van der Waals surface area contributed by atoms with Gasteiger partial charge in [-0.2, -0.15) is 0 Å². The van der Waals surface area contributed by atoms with E-state index in [0.29, 0.717) is 0 Å². The Hall–Kier alpha value is -1.55. The molecule has 1 N–H and O–H groups in total. The van der Waals surface area contributed by atoms with Gasteiger partial charge >= 0.3 is 0 Å². The molecule has 0 aliphatic heterocycles. The monoisotopic (exact) mass is 248 g/mol. The Bertz CT molecular complexity index is 488. The zero-order valence-electron chi connectivity index (χ0n) is 10.3. The van der Waals surface area contributed by atoms with Crippen LogP contribution < -0.4 is 10.1 Å². The van der Waals surface area contributed by atoms with Crippen LogP contribution in [0.4, 0.5) is 5.13 Å². The molecule has 1 aromatic heterocycles. The second-order valence-electron chi connectivity index (χ2n) is 3.83. The SMILES string of the molecule is COc1ccccc1CNc1nc(C)c(C)s1. The molecule has 0 spiro atoms. The van der Waals surface area contributed by atoms with Gasteiger partial charge in [-0.3, -0.25) is 0 Å². The molecule has 17 heavy (non-hydrogen) atoms. The fourth-order valence-electron chi connectivity index (χ4n) is 1.57. The lowest BCUT2D eigenvalue weighted by Crippen LogP contribution is -2.01. The summed E-state index contributed by atoms with van der Waals surface area (Å²) in [5.74, 6) is 0.907. The van der Waals surface area contributed by atoms with Crippen LogP contribution in [0.3, 0.4) is 0 Å². The van der Waals surface area contributed by atoms with E-state index in [-0.39, 0.29) is 0 Å². The maximum atomic E-state index is 5.31. The first-order valence-electron chi connectivity index (χ1n) is 5.50. The van der Waals surface area contributed by atoms with Crippen molar-refractivity contribution in [2.45, 2.75) is 20.4 Å². The van der Waals surface area contributed by atoms with E-state index in [2.05, 4.69) is 23.3 Å². The number of anilines is 1. The van der Waals surface area contributed by atoms with E-state index in [1.807, 2.05) is 25.1 Å². The van der Waals surface area contributed by atoms with E-state index in [9.17, 15) is 0 Å². The van der Waals surface area contributed by atoms with Crippen LogP contribution in [0, 0.1) is 13.8 Å². The number of aryl methyl sites for hydroxylation is 2. The van der Waals surface area contributed by atoms with Gasteiger partial charge in [0.15, 0.2) is 5.13 Å². The number of para-hydroxylation sites is 1. The molecule has 0 atom stereocenters. The number of thiazole rings is 1. The van der Waals surface area contributed by atoms with E-state index < -0.39 is 0 Å². The lowest BCUT2D eigenvalue weighted by Gasteiger charge is -2.08. The van der Waals surface area contributed by atoms with Crippen molar-refractivity contribution < 1.29 is 4.74 Å². The minimum atomic E-state index is 0.733. The van der Waals surface area contributed by atoms with Gasteiger partial charge in [-0.15, -0.1) is 11.3 Å². The quantitative estimate of drug-likeness (QED) is 0.900. The third kappa shape index (κ3) is 2.77. The van der Waals surface area contributed by atoms with Crippen molar-refractivity contribution in [3.63, 3.8) is 0 Å². The van der Waals surface area contributed by atoms with Crippen molar-refractivity contribution in [1.82, 2.24) is 4.98 Å². The van der Waals surface area contributed by atoms with Crippen LogP contribution in [0.15, 0.2) is 24.3 Å². The number of aromatic nitrogens is 1. The predicted molar refractivity (Wildman–Crippen MR) is 71.9 cm³/mol. The van der Waals surface area contributed by atoms with Crippen molar-refractivity contribution in [2.24, 2.45) is 0 Å². The van der Waals surface area contributed by atoms with Gasteiger partial charge in [-0.05, 0) is 19.9 Å². The molecule has 0 amide bonds. The van der Waals surface area contributed by atoms with E-state index in [1.165, 1.54) is 4.88 Å². The van der Waals surface area contributed by atoms with Crippen LogP contribution in [0.25, 0.3) is 0 Å². The zero-order chi connectivity index (χ0) is 12.3. The Kier molecular flexibility index (Phi) is 3.64. The summed E-state index contributed by atoms with van der Waals surface area (Å²) in [7, 11) is 1.69. The van der Waals surface area contributed by atoms with Gasteiger partial charge in [-0.1, -0.05) is 18.2 Å². The molecule has 0 unspecified atom stereocenters. The molecule has 1 heterocycles. The average molecular weight is 248 g/mol. The zero-order valence-corrected chi connectivity index (χ0v) is 11.1. The minimum absolute atomic E-state index is 0.733. The highest BCUT2D eigenvalue weighted by Gasteiger charge is 2.05. The third-order valence-electron chi connectivity index (χ3n) is 2.65. The molecule has 2 rings (SSSR count). The molecular weight excluding hydrogens is 232 g/mol. The summed E-state index contributed by atoms with van der Waals surface area (Å²) < 4.78 is 5.31. The first-order chi connectivity index (χ1) is 8.20. The minimum Gasteiger partial charge on any atom is -0.496 e. The Labute approximate surface area is 105 Å².